The standard InChI is InChI=1S/C14H24N2S/c1-4-16(12-5-6-12)10-14-8-7-13(17-14)9-15-11(2)3/h7-8,11-12,15H,4-6,9-10H2,1-3H3. The van der Waals surface area contributed by atoms with Crippen LogP contribution in [0, 0.1) is 0 Å². The molecule has 1 N–H and O–H groups in total. The second kappa shape index (κ2) is 5.98. The summed E-state index contributed by atoms with van der Waals surface area (Å²) in [5, 5.41) is 3.47. The molecule has 0 spiro atoms. The van der Waals surface area contributed by atoms with Gasteiger partial charge in [-0.2, -0.15) is 0 Å². The zero-order valence-corrected chi connectivity index (χ0v) is 12.0. The third-order valence-electron chi connectivity index (χ3n) is 3.23. The van der Waals surface area contributed by atoms with Gasteiger partial charge < -0.3 is 5.32 Å². The van der Waals surface area contributed by atoms with E-state index in [0.717, 1.165) is 19.1 Å². The van der Waals surface area contributed by atoms with Crippen molar-refractivity contribution in [1.29, 1.82) is 0 Å². The van der Waals surface area contributed by atoms with E-state index in [1.807, 2.05) is 11.3 Å². The second-order valence-electron chi connectivity index (χ2n) is 5.20. The Balaban J connectivity index is 1.84. The predicted octanol–water partition coefficient (Wildman–Crippen LogP) is 3.23. The van der Waals surface area contributed by atoms with Crippen LogP contribution in [0.3, 0.4) is 0 Å². The van der Waals surface area contributed by atoms with Crippen molar-refractivity contribution in [3.05, 3.63) is 21.9 Å². The van der Waals surface area contributed by atoms with Gasteiger partial charge in [0.2, 0.25) is 0 Å². The summed E-state index contributed by atoms with van der Waals surface area (Å²) in [4.78, 5) is 5.57. The molecule has 1 aromatic rings. The number of nitrogens with one attached hydrogen (secondary N) is 1. The minimum atomic E-state index is 0.569. The van der Waals surface area contributed by atoms with Crippen LogP contribution in [0.1, 0.15) is 43.4 Å². The molecule has 3 heteroatoms. The summed E-state index contributed by atoms with van der Waals surface area (Å²) < 4.78 is 0. The lowest BCUT2D eigenvalue weighted by atomic mass is 10.3. The highest BCUT2D eigenvalue weighted by Crippen LogP contribution is 2.29. The molecule has 0 atom stereocenters. The molecule has 1 aliphatic carbocycles. The molecule has 2 nitrogen and oxygen atoms in total. The molecule has 1 aliphatic rings. The topological polar surface area (TPSA) is 15.3 Å². The molecule has 17 heavy (non-hydrogen) atoms. The molecular weight excluding hydrogens is 228 g/mol. The van der Waals surface area contributed by atoms with E-state index in [1.54, 1.807) is 0 Å². The highest BCUT2D eigenvalue weighted by Gasteiger charge is 2.27. The van der Waals surface area contributed by atoms with Crippen molar-refractivity contribution in [2.45, 2.75) is 58.8 Å². The van der Waals surface area contributed by atoms with Crippen LogP contribution < -0.4 is 5.32 Å². The first-order valence-corrected chi connectivity index (χ1v) is 7.55. The van der Waals surface area contributed by atoms with Crippen molar-refractivity contribution < 1.29 is 0 Å². The van der Waals surface area contributed by atoms with Gasteiger partial charge in [0.1, 0.15) is 0 Å². The largest absolute Gasteiger partial charge is 0.310 e. The van der Waals surface area contributed by atoms with E-state index in [2.05, 4.69) is 43.1 Å². The summed E-state index contributed by atoms with van der Waals surface area (Å²) in [5.41, 5.74) is 0. The Hall–Kier alpha value is -0.380. The monoisotopic (exact) mass is 252 g/mol. The molecule has 0 bridgehead atoms. The van der Waals surface area contributed by atoms with Gasteiger partial charge in [0.15, 0.2) is 0 Å². The maximum Gasteiger partial charge on any atom is 0.0330 e. The smallest absolute Gasteiger partial charge is 0.0330 e. The molecule has 1 aromatic heterocycles. The van der Waals surface area contributed by atoms with Gasteiger partial charge in [-0.1, -0.05) is 20.8 Å². The summed E-state index contributed by atoms with van der Waals surface area (Å²) in [6, 6.07) is 6.02. The van der Waals surface area contributed by atoms with Gasteiger partial charge >= 0.3 is 0 Å². The molecule has 1 saturated carbocycles. The molecule has 0 unspecified atom stereocenters. The highest BCUT2D eigenvalue weighted by atomic mass is 32.1. The first-order valence-electron chi connectivity index (χ1n) is 6.74. The van der Waals surface area contributed by atoms with E-state index in [9.17, 15) is 0 Å². The molecule has 0 aliphatic heterocycles. The first-order chi connectivity index (χ1) is 8.19. The molecular formula is C14H24N2S. The van der Waals surface area contributed by atoms with Gasteiger partial charge in [-0.15, -0.1) is 11.3 Å². The molecule has 96 valence electrons. The van der Waals surface area contributed by atoms with Crippen LogP contribution in [-0.4, -0.2) is 23.5 Å². The van der Waals surface area contributed by atoms with Gasteiger partial charge in [-0.05, 0) is 31.5 Å². The van der Waals surface area contributed by atoms with Crippen LogP contribution in [0.15, 0.2) is 12.1 Å². The van der Waals surface area contributed by atoms with E-state index in [-0.39, 0.29) is 0 Å². The molecule has 1 fully saturated rings. The average molecular weight is 252 g/mol. The van der Waals surface area contributed by atoms with Crippen LogP contribution in [0.25, 0.3) is 0 Å². The highest BCUT2D eigenvalue weighted by molar-refractivity contribution is 7.11. The third kappa shape index (κ3) is 4.09. The van der Waals surface area contributed by atoms with Crippen molar-refractivity contribution in [2.75, 3.05) is 6.54 Å². The van der Waals surface area contributed by atoms with Crippen LogP contribution in [-0.2, 0) is 13.1 Å². The lowest BCUT2D eigenvalue weighted by Gasteiger charge is -2.18. The van der Waals surface area contributed by atoms with Crippen LogP contribution >= 0.6 is 11.3 Å². The third-order valence-corrected chi connectivity index (χ3v) is 4.30. The summed E-state index contributed by atoms with van der Waals surface area (Å²) >= 11 is 1.96. The Kier molecular flexibility index (Phi) is 4.60. The molecule has 0 radical (unpaired) electrons. The molecule has 0 amide bonds. The van der Waals surface area contributed by atoms with Crippen molar-refractivity contribution in [1.82, 2.24) is 10.2 Å². The van der Waals surface area contributed by atoms with Crippen LogP contribution in [0.2, 0.25) is 0 Å². The summed E-state index contributed by atoms with van der Waals surface area (Å²) in [5.74, 6) is 0. The lowest BCUT2D eigenvalue weighted by Crippen LogP contribution is -2.24. The SMILES string of the molecule is CCN(Cc1ccc(CNC(C)C)s1)C1CC1. The minimum absolute atomic E-state index is 0.569. The van der Waals surface area contributed by atoms with E-state index < -0.39 is 0 Å². The number of hydrogen-bond donors (Lipinski definition) is 1. The normalized spacial score (nSPS) is 16.1. The number of thiophene rings is 1. The van der Waals surface area contributed by atoms with Gasteiger partial charge in [0.05, 0.1) is 0 Å². The van der Waals surface area contributed by atoms with Crippen molar-refractivity contribution in [2.24, 2.45) is 0 Å². The van der Waals surface area contributed by atoms with Gasteiger partial charge in [0, 0.05) is 34.9 Å². The van der Waals surface area contributed by atoms with E-state index in [4.69, 9.17) is 0 Å². The summed E-state index contributed by atoms with van der Waals surface area (Å²) in [7, 11) is 0. The lowest BCUT2D eigenvalue weighted by molar-refractivity contribution is 0.272. The van der Waals surface area contributed by atoms with Crippen LogP contribution in [0.4, 0.5) is 0 Å². The maximum absolute atomic E-state index is 3.47. The van der Waals surface area contributed by atoms with Gasteiger partial charge in [-0.3, -0.25) is 4.90 Å². The molecule has 0 aromatic carbocycles. The van der Waals surface area contributed by atoms with Gasteiger partial charge in [-0.25, -0.2) is 0 Å². The zero-order chi connectivity index (χ0) is 12.3. The summed E-state index contributed by atoms with van der Waals surface area (Å²) in [6.45, 7) is 10.0. The Bertz CT molecular complexity index is 342. The number of hydrogen-bond acceptors (Lipinski definition) is 3. The average Bonchev–Trinajstić information content (AvgIpc) is 3.04. The second-order valence-corrected chi connectivity index (χ2v) is 6.45. The van der Waals surface area contributed by atoms with Crippen molar-refractivity contribution >= 4 is 11.3 Å². The fourth-order valence-corrected chi connectivity index (χ4v) is 3.04. The first kappa shape index (κ1) is 13.1. The maximum atomic E-state index is 3.47. The molecule has 0 saturated heterocycles. The van der Waals surface area contributed by atoms with Crippen molar-refractivity contribution in [3.8, 4) is 0 Å². The zero-order valence-electron chi connectivity index (χ0n) is 11.2. The Morgan fingerprint density at radius 2 is 2.06 bits per heavy atom. The Morgan fingerprint density at radius 3 is 2.65 bits per heavy atom. The Morgan fingerprint density at radius 1 is 1.35 bits per heavy atom. The van der Waals surface area contributed by atoms with E-state index in [0.29, 0.717) is 6.04 Å². The summed E-state index contributed by atoms with van der Waals surface area (Å²) in [6.07, 6.45) is 2.81. The van der Waals surface area contributed by atoms with E-state index >= 15 is 0 Å². The fourth-order valence-electron chi connectivity index (χ4n) is 2.05. The fraction of sp³-hybridized carbons (Fsp3) is 0.714. The minimum Gasteiger partial charge on any atom is -0.310 e. The number of nitrogens with zero attached hydrogens (tertiary/aromatic N) is 1. The van der Waals surface area contributed by atoms with E-state index in [1.165, 1.54) is 29.1 Å². The van der Waals surface area contributed by atoms with Gasteiger partial charge in [0.25, 0.3) is 0 Å². The number of rotatable bonds is 7. The predicted molar refractivity (Wildman–Crippen MR) is 75.4 cm³/mol. The van der Waals surface area contributed by atoms with Crippen molar-refractivity contribution in [3.63, 3.8) is 0 Å². The van der Waals surface area contributed by atoms with Crippen LogP contribution in [0.5, 0.6) is 0 Å². The molecule has 2 rings (SSSR count). The molecule has 1 heterocycles. The Labute approximate surface area is 109 Å². The quantitative estimate of drug-likeness (QED) is 0.801.